The van der Waals surface area contributed by atoms with Crippen molar-refractivity contribution in [1.29, 1.82) is 0 Å². The van der Waals surface area contributed by atoms with Crippen molar-refractivity contribution in [1.82, 2.24) is 0 Å². The van der Waals surface area contributed by atoms with Gasteiger partial charge in [-0.2, -0.15) is 0 Å². The lowest BCUT2D eigenvalue weighted by Crippen LogP contribution is -2.68. The van der Waals surface area contributed by atoms with E-state index in [-0.39, 0.29) is 27.9 Å². The first kappa shape index (κ1) is 65.4. The molecular formula is C51H74O27. The number of hydrogen-bond donors (Lipinski definition) is 8. The standard InChI is InChI=1S/C51H74O27/c1-12-21(6)43(61)66-19-29-31(55)33(57)41(76-48-35(59)39(68-26(11)54)37(27(17-52)69-48)73-45(63)23(8)14-3)50(71-29)78-51-42(34(58)32(56)30(72-51)20-67-44(62)22(7)13-2)77-49-36(60)40(75-47(65)25(10)16-5)38(28(18-53)70-49)74-46(64)24(9)15-4/h12-16,27-42,48-53,55-60H,17-20H2,1-11H3/b21-12+,22-13+,23-14+,24-15+,25-16-/t27-,28-,29-,30-,31-,32-,33+,34+,35-,36-,37-,38-,39-,40-,41-,42-,48+,49+,50-,51-/m0/s1. The molecule has 78 heavy (non-hydrogen) atoms. The maximum absolute atomic E-state index is 13.2. The Morgan fingerprint density at radius 2 is 0.654 bits per heavy atom. The molecule has 0 bridgehead atoms. The van der Waals surface area contributed by atoms with E-state index in [4.69, 9.17) is 61.6 Å². The maximum Gasteiger partial charge on any atom is 0.333 e. The highest BCUT2D eigenvalue weighted by Gasteiger charge is 2.58. The van der Waals surface area contributed by atoms with E-state index in [9.17, 15) is 69.6 Å². The Morgan fingerprint density at radius 1 is 0.359 bits per heavy atom. The summed E-state index contributed by atoms with van der Waals surface area (Å²) in [6.45, 7) is 12.2. The van der Waals surface area contributed by atoms with Crippen molar-refractivity contribution in [3.63, 3.8) is 0 Å². The zero-order valence-corrected chi connectivity index (χ0v) is 45.1. The van der Waals surface area contributed by atoms with Crippen LogP contribution in [0.25, 0.3) is 0 Å². The molecule has 0 aromatic heterocycles. The summed E-state index contributed by atoms with van der Waals surface area (Å²) in [5.74, 6) is -5.65. The summed E-state index contributed by atoms with van der Waals surface area (Å²) in [5.41, 5.74) is 0.462. The van der Waals surface area contributed by atoms with Gasteiger partial charge in [-0.1, -0.05) is 30.4 Å². The molecule has 27 heteroatoms. The second kappa shape index (κ2) is 29.9. The first-order valence-corrected chi connectivity index (χ1v) is 25.0. The van der Waals surface area contributed by atoms with Crippen molar-refractivity contribution in [3.8, 4) is 0 Å². The monoisotopic (exact) mass is 1120 g/mol. The first-order valence-electron chi connectivity index (χ1n) is 25.0. The quantitative estimate of drug-likeness (QED) is 0.0365. The smallest absolute Gasteiger partial charge is 0.333 e. The van der Waals surface area contributed by atoms with Gasteiger partial charge in [-0.3, -0.25) is 4.79 Å². The molecule has 4 aliphatic heterocycles. The van der Waals surface area contributed by atoms with Crippen LogP contribution < -0.4 is 0 Å². The molecule has 440 valence electrons. The molecule has 0 amide bonds. The number of carbonyl (C=O) groups is 6. The molecule has 4 saturated heterocycles. The van der Waals surface area contributed by atoms with Gasteiger partial charge in [-0.25, -0.2) is 24.0 Å². The van der Waals surface area contributed by atoms with Gasteiger partial charge in [-0.15, -0.1) is 0 Å². The van der Waals surface area contributed by atoms with Crippen molar-refractivity contribution in [2.75, 3.05) is 26.4 Å². The summed E-state index contributed by atoms with van der Waals surface area (Å²) >= 11 is 0. The van der Waals surface area contributed by atoms with Gasteiger partial charge in [0.15, 0.2) is 49.6 Å². The number of ether oxygens (including phenoxy) is 13. The van der Waals surface area contributed by atoms with Gasteiger partial charge in [0.2, 0.25) is 0 Å². The average Bonchev–Trinajstić information content (AvgIpc) is 3.46. The molecule has 0 aromatic rings. The highest BCUT2D eigenvalue weighted by Crippen LogP contribution is 2.37. The highest BCUT2D eigenvalue weighted by molar-refractivity contribution is 5.89. The van der Waals surface area contributed by atoms with Crippen molar-refractivity contribution >= 4 is 35.8 Å². The molecule has 20 atom stereocenters. The van der Waals surface area contributed by atoms with Crippen LogP contribution in [0, 0.1) is 0 Å². The normalized spacial score (nSPS) is 36.2. The predicted octanol–water partition coefficient (Wildman–Crippen LogP) is -1.59. The van der Waals surface area contributed by atoms with E-state index in [1.165, 1.54) is 85.8 Å². The predicted molar refractivity (Wildman–Crippen MR) is 260 cm³/mol. The number of rotatable bonds is 21. The lowest BCUT2D eigenvalue weighted by Gasteiger charge is -2.49. The van der Waals surface area contributed by atoms with Gasteiger partial charge in [0.1, 0.15) is 86.5 Å². The third kappa shape index (κ3) is 16.1. The Labute approximate surface area is 449 Å². The Kier molecular flexibility index (Phi) is 25.1. The summed E-state index contributed by atoms with van der Waals surface area (Å²) in [5, 5.41) is 91.7. The zero-order valence-electron chi connectivity index (χ0n) is 45.1. The molecule has 0 aromatic carbocycles. The van der Waals surface area contributed by atoms with E-state index < -0.39 is 185 Å². The molecule has 0 saturated carbocycles. The van der Waals surface area contributed by atoms with E-state index in [0.29, 0.717) is 0 Å². The van der Waals surface area contributed by atoms with E-state index >= 15 is 0 Å². The minimum atomic E-state index is -2.22. The van der Waals surface area contributed by atoms with Crippen LogP contribution in [0.4, 0.5) is 0 Å². The van der Waals surface area contributed by atoms with Crippen molar-refractivity contribution < 1.29 is 131 Å². The molecular weight excluding hydrogens is 1040 g/mol. The molecule has 4 heterocycles. The Balaban J connectivity index is 1.85. The van der Waals surface area contributed by atoms with Crippen LogP contribution in [0.3, 0.4) is 0 Å². The van der Waals surface area contributed by atoms with Crippen molar-refractivity contribution in [2.45, 2.75) is 199 Å². The fourth-order valence-corrected chi connectivity index (χ4v) is 7.87. The number of esters is 6. The average molecular weight is 1120 g/mol. The van der Waals surface area contributed by atoms with Crippen molar-refractivity contribution in [2.24, 2.45) is 0 Å². The van der Waals surface area contributed by atoms with Crippen LogP contribution in [0.2, 0.25) is 0 Å². The molecule has 0 radical (unpaired) electrons. The van der Waals surface area contributed by atoms with Crippen LogP contribution in [0.1, 0.15) is 76.2 Å². The van der Waals surface area contributed by atoms with Gasteiger partial charge in [0, 0.05) is 34.8 Å². The van der Waals surface area contributed by atoms with E-state index in [1.807, 2.05) is 0 Å². The topological polar surface area (TPSA) is 384 Å². The summed E-state index contributed by atoms with van der Waals surface area (Å²) in [6.07, 6.45) is -32.5. The Bertz CT molecular complexity index is 2240. The Hall–Kier alpha value is -5.08. The summed E-state index contributed by atoms with van der Waals surface area (Å²) in [6, 6.07) is 0. The molecule has 27 nitrogen and oxygen atoms in total. The molecule has 4 aliphatic rings. The molecule has 0 spiro atoms. The number of hydrogen-bond acceptors (Lipinski definition) is 27. The molecule has 0 aliphatic carbocycles. The third-order valence-corrected chi connectivity index (χ3v) is 13.3. The molecule has 8 N–H and O–H groups in total. The largest absolute Gasteiger partial charge is 0.459 e. The van der Waals surface area contributed by atoms with E-state index in [2.05, 4.69) is 0 Å². The van der Waals surface area contributed by atoms with Gasteiger partial charge in [-0.05, 0) is 69.2 Å². The second-order valence-corrected chi connectivity index (χ2v) is 18.6. The zero-order chi connectivity index (χ0) is 58.5. The van der Waals surface area contributed by atoms with E-state index in [0.717, 1.165) is 6.92 Å². The number of carbonyl (C=O) groups excluding carboxylic acids is 6. The van der Waals surface area contributed by atoms with Gasteiger partial charge < -0.3 is 102 Å². The number of aliphatic hydroxyl groups excluding tert-OH is 8. The summed E-state index contributed by atoms with van der Waals surface area (Å²) in [7, 11) is 0. The van der Waals surface area contributed by atoms with Crippen molar-refractivity contribution in [3.05, 3.63) is 58.2 Å². The number of aliphatic hydroxyl groups is 8. The summed E-state index contributed by atoms with van der Waals surface area (Å²) in [4.78, 5) is 77.3. The van der Waals surface area contributed by atoms with Crippen LogP contribution in [-0.4, -0.2) is 226 Å². The van der Waals surface area contributed by atoms with Gasteiger partial charge in [0.05, 0.1) is 13.2 Å². The molecule has 0 unspecified atom stereocenters. The molecule has 4 fully saturated rings. The third-order valence-electron chi connectivity index (χ3n) is 13.3. The fraction of sp³-hybridized carbons (Fsp3) is 0.686. The fourth-order valence-electron chi connectivity index (χ4n) is 7.87. The lowest BCUT2D eigenvalue weighted by atomic mass is 9.96. The lowest BCUT2D eigenvalue weighted by molar-refractivity contribution is -0.414. The highest BCUT2D eigenvalue weighted by atomic mass is 16.8. The maximum atomic E-state index is 13.2. The number of allylic oxidation sites excluding steroid dienone is 5. The van der Waals surface area contributed by atoms with Gasteiger partial charge in [0.25, 0.3) is 0 Å². The van der Waals surface area contributed by atoms with Gasteiger partial charge >= 0.3 is 35.8 Å². The van der Waals surface area contributed by atoms with Crippen LogP contribution >= 0.6 is 0 Å². The van der Waals surface area contributed by atoms with Crippen LogP contribution in [0.15, 0.2) is 58.2 Å². The summed E-state index contributed by atoms with van der Waals surface area (Å²) < 4.78 is 75.1. The first-order chi connectivity index (χ1) is 36.8. The van der Waals surface area contributed by atoms with E-state index in [1.54, 1.807) is 13.8 Å². The van der Waals surface area contributed by atoms with Crippen LogP contribution in [0.5, 0.6) is 0 Å². The minimum absolute atomic E-state index is 0.0368. The Morgan fingerprint density at radius 3 is 0.962 bits per heavy atom. The van der Waals surface area contributed by atoms with Crippen LogP contribution in [-0.2, 0) is 90.3 Å². The minimum Gasteiger partial charge on any atom is -0.459 e. The second-order valence-electron chi connectivity index (χ2n) is 18.6. The SMILES string of the molecule is C/C=C(/C)C(=O)O[C@H]1[C@H](O)[C@@H](O[C@@H]2[C@H](O[C@@H]3O[C@@H](COC(=O)/C(C)=C/C)[C@H](O)[C@@H](O)[C@@H]3O[C@H]3O[C@@H](CO)[C@H](OC(=O)/C(C)=C/C)[C@@H](OC(C)=O)[C@@H]3O)O[C@@H](COC(=O)/C(C)=C/C)[C@H](O)[C@H]2O)O[C@@H](CO)[C@@H]1OC(=O)/C(C)=C/C. The molecule has 4 rings (SSSR count).